The second-order valence-electron chi connectivity index (χ2n) is 19.8. The molecule has 0 aliphatic rings. The molecule has 0 saturated heterocycles. The largest absolute Gasteiger partial charge is 0.437 e. The smallest absolute Gasteiger partial charge is 0.271 e. The number of nitrogen functional groups attached to an aromatic ring is 1. The summed E-state index contributed by atoms with van der Waals surface area (Å²) in [5.41, 5.74) is 12.7. The lowest BCUT2D eigenvalue weighted by atomic mass is 10.2. The Labute approximate surface area is 632 Å². The number of hydrogen-bond donors (Lipinski definition) is 6. The van der Waals surface area contributed by atoms with E-state index < -0.39 is 29.8 Å². The zero-order valence-electron chi connectivity index (χ0n) is 54.1. The first kappa shape index (κ1) is 93.9. The van der Waals surface area contributed by atoms with Gasteiger partial charge in [-0.1, -0.05) is 103 Å². The molecule has 5 aromatic heterocycles. The molecule has 0 aliphatic heterocycles. The molecule has 0 radical (unpaired) electrons. The normalized spacial score (nSPS) is 9.66. The number of nitrogens with one attached hydrogen (secondary N) is 2. The third-order valence-electron chi connectivity index (χ3n) is 11.8. The van der Waals surface area contributed by atoms with Crippen molar-refractivity contribution < 1.29 is 43.4 Å². The number of benzene rings is 5. The minimum Gasteiger partial charge on any atom is -0.437 e. The highest BCUT2D eigenvalue weighted by Gasteiger charge is 2.14. The number of non-ortho nitro benzene ring substituents is 3. The van der Waals surface area contributed by atoms with Crippen molar-refractivity contribution in [1.82, 2.24) is 23.7 Å². The van der Waals surface area contributed by atoms with Crippen LogP contribution >= 0.6 is 91.0 Å². The lowest BCUT2D eigenvalue weighted by Crippen LogP contribution is -2.17. The fraction of sp³-hybridized carbons (Fsp3) is 0.191. The summed E-state index contributed by atoms with van der Waals surface area (Å²) in [6.45, 7) is 12.0. The standard InChI is InChI=1S/C14H15ClN2O2.2C12H9ClN2O3.C12H11ClN2O.C6H3ClFNO2.C6H7NO.C2H5ClO.C2H6O.2CH4.Cl2OS/c1-10-2-5-14(19)17(9-10)13-4-3-11(8-12(13)15)16-6-7-18;1-8-2-5-12(14-7-8)18-11-4-3-9(15(16)17)6-10(11)13;1-8-2-5-12(16)14(7-8)11-4-3-9(15(17)18)6-10(11)13;1-8-2-5-12(16)15(7-8)11-4-3-9(14)6-10(11)13;7-5-3-4(9(10)11)1-2-6(5)8;1-5-2-3-6(8)7-4-5;3-1-2-4;1-2-3;;;1-4(2)3/h2-5,8-9,16,18H,6-7H2,1H3;2*2-7H,1H3;2-7H,14H2,1H3;1-3H;2-4H,1H3,(H,7,8);4H,1-2H2;3H,2H2,1H3;2*1H4;. The van der Waals surface area contributed by atoms with E-state index >= 15 is 0 Å². The number of anilines is 2. The number of nitro benzene ring substituents is 3. The molecule has 0 atom stereocenters. The first-order chi connectivity index (χ1) is 47.7. The predicted molar refractivity (Wildman–Crippen MR) is 413 cm³/mol. The molecule has 0 saturated carbocycles. The van der Waals surface area contributed by atoms with Gasteiger partial charge < -0.3 is 36.1 Å². The molecule has 10 rings (SSSR count). The summed E-state index contributed by atoms with van der Waals surface area (Å²) in [5.74, 6) is 0.409. The zero-order valence-corrected chi connectivity index (χ0v) is 61.0. The lowest BCUT2D eigenvalue weighted by molar-refractivity contribution is -0.385. The number of rotatable bonds is 12. The van der Waals surface area contributed by atoms with Gasteiger partial charge in [-0.25, -0.2) is 13.6 Å². The predicted octanol–water partition coefficient (Wildman–Crippen LogP) is 16.6. The molecule has 554 valence electrons. The van der Waals surface area contributed by atoms with E-state index in [0.29, 0.717) is 56.8 Å². The van der Waals surface area contributed by atoms with Gasteiger partial charge in [0, 0.05) is 149 Å². The second-order valence-corrected chi connectivity index (χ2v) is 24.7. The van der Waals surface area contributed by atoms with Crippen molar-refractivity contribution in [1.29, 1.82) is 0 Å². The Morgan fingerprint density at radius 3 is 1.30 bits per heavy atom. The maximum Gasteiger partial charge on any atom is 0.271 e. The highest BCUT2D eigenvalue weighted by molar-refractivity contribution is 8.26. The number of aromatic amines is 1. The number of alkyl halides is 1. The van der Waals surface area contributed by atoms with Crippen LogP contribution in [-0.2, 0) is 9.23 Å². The van der Waals surface area contributed by atoms with Crippen molar-refractivity contribution in [2.45, 2.75) is 56.4 Å². The number of nitrogens with zero attached hydrogens (tertiary/aromatic N) is 7. The molecule has 0 bridgehead atoms. The van der Waals surface area contributed by atoms with Crippen molar-refractivity contribution in [2.24, 2.45) is 0 Å². The van der Waals surface area contributed by atoms with Gasteiger partial charge in [0.25, 0.3) is 33.7 Å². The molecule has 5 heterocycles. The van der Waals surface area contributed by atoms with Gasteiger partial charge in [-0.05, 0) is 124 Å². The van der Waals surface area contributed by atoms with Gasteiger partial charge in [-0.2, -0.15) is 0 Å². The topological polar surface area (TPSA) is 366 Å². The van der Waals surface area contributed by atoms with Crippen LogP contribution in [0.25, 0.3) is 17.1 Å². The van der Waals surface area contributed by atoms with Gasteiger partial charge in [0.2, 0.25) is 20.7 Å². The molecular weight excluding hydrogens is 1530 g/mol. The van der Waals surface area contributed by atoms with E-state index in [1.54, 1.807) is 98.6 Å². The highest BCUT2D eigenvalue weighted by Crippen LogP contribution is 2.32. The van der Waals surface area contributed by atoms with Crippen LogP contribution in [0.15, 0.2) is 202 Å². The molecule has 0 spiro atoms. The van der Waals surface area contributed by atoms with Crippen LogP contribution in [0.1, 0.15) is 49.6 Å². The maximum absolute atomic E-state index is 12.4. The zero-order chi connectivity index (χ0) is 76.1. The molecule has 0 amide bonds. The van der Waals surface area contributed by atoms with Crippen molar-refractivity contribution >= 4 is 129 Å². The maximum atomic E-state index is 12.4. The lowest BCUT2D eigenvalue weighted by Gasteiger charge is -2.11. The molecule has 0 unspecified atom stereocenters. The number of ether oxygens (including phenoxy) is 1. The average Bonchev–Trinajstić information content (AvgIpc) is 0.830. The molecule has 35 heteroatoms. The van der Waals surface area contributed by atoms with Gasteiger partial charge in [0.05, 0.1) is 70.2 Å². The summed E-state index contributed by atoms with van der Waals surface area (Å²) in [4.78, 5) is 81.8. The molecule has 10 aromatic rings. The van der Waals surface area contributed by atoms with Crippen molar-refractivity contribution in [2.75, 3.05) is 43.3 Å². The fourth-order valence-electron chi connectivity index (χ4n) is 7.28. The molecule has 103 heavy (non-hydrogen) atoms. The summed E-state index contributed by atoms with van der Waals surface area (Å²) >= 11 is 34.3. The number of nitrogens with two attached hydrogens (primary N) is 1. The van der Waals surface area contributed by atoms with Gasteiger partial charge in [-0.3, -0.25) is 63.2 Å². The van der Waals surface area contributed by atoms with Crippen LogP contribution in [0.3, 0.4) is 0 Å². The Morgan fingerprint density at radius 2 is 0.942 bits per heavy atom. The van der Waals surface area contributed by atoms with Crippen LogP contribution in [-0.4, -0.2) is 90.2 Å². The van der Waals surface area contributed by atoms with Gasteiger partial charge in [0.1, 0.15) is 11.6 Å². The van der Waals surface area contributed by atoms with Crippen LogP contribution < -0.4 is 38.0 Å². The quantitative estimate of drug-likeness (QED) is 0.0217. The van der Waals surface area contributed by atoms with E-state index in [0.717, 1.165) is 51.7 Å². The molecule has 25 nitrogen and oxygen atoms in total. The molecule has 7 N–H and O–H groups in total. The Kier molecular flexibility index (Phi) is 45.2. The highest BCUT2D eigenvalue weighted by atomic mass is 36.0. The van der Waals surface area contributed by atoms with Crippen molar-refractivity contribution in [3.63, 3.8) is 0 Å². The summed E-state index contributed by atoms with van der Waals surface area (Å²) in [6.07, 6.45) is 8.48. The molecular formula is C68H73Cl8FN10O15S. The Hall–Kier alpha value is -9.07. The van der Waals surface area contributed by atoms with E-state index in [9.17, 15) is 53.9 Å². The van der Waals surface area contributed by atoms with Crippen LogP contribution in [0.4, 0.5) is 32.8 Å². The SMILES string of the molecule is C.C.CCO.Cc1ccc(=O)[nH]c1.Cc1ccc(=O)n(-c2ccc(N)cc2Cl)c1.Cc1ccc(=O)n(-c2ccc(NCCO)cc2Cl)c1.Cc1ccc(=O)n(-c2ccc([N+](=O)[O-])cc2Cl)c1.Cc1ccc(Oc2ccc([N+](=O)[O-])cc2Cl)nc1.O=S(Cl)Cl.O=[N+]([O-])c1ccc(F)c(Cl)c1.OCCCl. The Balaban J connectivity index is 0.00000119. The van der Waals surface area contributed by atoms with E-state index in [1.165, 1.54) is 74.4 Å². The van der Waals surface area contributed by atoms with Crippen molar-refractivity contribution in [3.8, 4) is 28.7 Å². The third-order valence-corrected chi connectivity index (χ3v) is 13.5. The number of hydrogen-bond acceptors (Lipinski definition) is 18. The summed E-state index contributed by atoms with van der Waals surface area (Å²) in [5, 5.41) is 59.4. The molecule has 0 fully saturated rings. The average molecular weight is 1610 g/mol. The number of aliphatic hydroxyl groups is 3. The van der Waals surface area contributed by atoms with E-state index in [1.807, 2.05) is 46.8 Å². The number of aromatic nitrogens is 5. The van der Waals surface area contributed by atoms with E-state index in [4.69, 9.17) is 99.6 Å². The first-order valence-corrected chi connectivity index (χ1v) is 34.0. The van der Waals surface area contributed by atoms with Crippen LogP contribution in [0.5, 0.6) is 11.6 Å². The minimum atomic E-state index is -1.67. The second kappa shape index (κ2) is 49.5. The Morgan fingerprint density at radius 1 is 0.553 bits per heavy atom. The van der Waals surface area contributed by atoms with Gasteiger partial charge in [0.15, 0.2) is 0 Å². The number of nitro groups is 3. The number of H-pyrrole nitrogens is 1. The third kappa shape index (κ3) is 35.1. The summed E-state index contributed by atoms with van der Waals surface area (Å²) < 4.78 is 31.3. The minimum absolute atomic E-state index is 0. The number of aliphatic hydroxyl groups excluding tert-OH is 3. The number of aryl methyl sites for hydroxylation is 5. The van der Waals surface area contributed by atoms with E-state index in [2.05, 4.69) is 36.6 Å². The molecule has 5 aromatic carbocycles. The van der Waals surface area contributed by atoms with E-state index in [-0.39, 0.29) is 89.0 Å². The first-order valence-electron chi connectivity index (χ1n) is 28.7. The number of pyridine rings is 5. The van der Waals surface area contributed by atoms with Crippen LogP contribution in [0, 0.1) is 70.8 Å². The Bertz CT molecular complexity index is 4610. The monoisotopic (exact) mass is 1600 g/mol. The summed E-state index contributed by atoms with van der Waals surface area (Å²) in [6, 6.07) is 38.0. The van der Waals surface area contributed by atoms with Crippen LogP contribution in [0.2, 0.25) is 25.1 Å². The number of halogens is 9. The van der Waals surface area contributed by atoms with Crippen molar-refractivity contribution in [3.05, 3.63) is 313 Å². The van der Waals surface area contributed by atoms with Gasteiger partial charge >= 0.3 is 0 Å². The summed E-state index contributed by atoms with van der Waals surface area (Å²) in [7, 11) is 7.36. The van der Waals surface area contributed by atoms with Gasteiger partial charge in [-0.15, -0.1) is 11.6 Å². The molecule has 0 aliphatic carbocycles. The fourth-order valence-corrected chi connectivity index (χ4v) is 8.49.